The van der Waals surface area contributed by atoms with Crippen LogP contribution in [-0.2, 0) is 20.9 Å². The Hall–Kier alpha value is -3.00. The van der Waals surface area contributed by atoms with Gasteiger partial charge in [-0.3, -0.25) is 9.59 Å². The predicted octanol–water partition coefficient (Wildman–Crippen LogP) is 6.36. The highest BCUT2D eigenvalue weighted by molar-refractivity contribution is 7.80. The van der Waals surface area contributed by atoms with Gasteiger partial charge in [0.1, 0.15) is 17.7 Å². The van der Waals surface area contributed by atoms with Crippen molar-refractivity contribution < 1.29 is 19.1 Å². The van der Waals surface area contributed by atoms with Crippen LogP contribution in [0.3, 0.4) is 0 Å². The molecule has 7 nitrogen and oxygen atoms in total. The maximum atomic E-state index is 14.0. The van der Waals surface area contributed by atoms with E-state index in [1.807, 2.05) is 61.5 Å². The number of carbonyl (C=O) groups excluding carboxylic acids is 3. The Balaban J connectivity index is 2.36. The molecule has 0 radical (unpaired) electrons. The van der Waals surface area contributed by atoms with Crippen LogP contribution in [0.15, 0.2) is 54.6 Å². The van der Waals surface area contributed by atoms with E-state index in [0.717, 1.165) is 43.2 Å². The molecule has 2 rings (SSSR count). The standard InChI is InChI=1S/C32H47N3O4S/c1-6-7-8-9-10-14-21-35(30(37)27(23-40)34-31(38)39-32(3,4)5)28(26-19-17-24(2)18-20-26)29(36)33-22-25-15-12-11-13-16-25/h11-13,15-20,27-28,40H,6-10,14,21-23H2,1-5H3,(H,33,36)(H,34,38). The van der Waals surface area contributed by atoms with E-state index >= 15 is 0 Å². The summed E-state index contributed by atoms with van der Waals surface area (Å²) >= 11 is 4.38. The van der Waals surface area contributed by atoms with Gasteiger partial charge in [0.05, 0.1) is 0 Å². The number of amides is 3. The fourth-order valence-electron chi connectivity index (χ4n) is 4.37. The highest BCUT2D eigenvalue weighted by Gasteiger charge is 2.35. The maximum absolute atomic E-state index is 14.0. The Bertz CT molecular complexity index is 1050. The second-order valence-corrected chi connectivity index (χ2v) is 11.6. The molecular formula is C32H47N3O4S. The van der Waals surface area contributed by atoms with Crippen molar-refractivity contribution in [3.8, 4) is 0 Å². The number of thiol groups is 1. The second-order valence-electron chi connectivity index (χ2n) is 11.2. The van der Waals surface area contributed by atoms with Gasteiger partial charge in [-0.25, -0.2) is 4.79 Å². The summed E-state index contributed by atoms with van der Waals surface area (Å²) in [4.78, 5) is 42.0. The summed E-state index contributed by atoms with van der Waals surface area (Å²) in [6.07, 6.45) is 5.54. The lowest BCUT2D eigenvalue weighted by molar-refractivity contribution is -0.142. The van der Waals surface area contributed by atoms with Crippen LogP contribution in [0.2, 0.25) is 0 Å². The van der Waals surface area contributed by atoms with Gasteiger partial charge in [0.25, 0.3) is 0 Å². The second kappa shape index (κ2) is 17.0. The maximum Gasteiger partial charge on any atom is 0.408 e. The van der Waals surface area contributed by atoms with Crippen molar-refractivity contribution in [1.82, 2.24) is 15.5 Å². The summed E-state index contributed by atoms with van der Waals surface area (Å²) in [6.45, 7) is 10.2. The molecule has 0 saturated carbocycles. The van der Waals surface area contributed by atoms with Gasteiger partial charge in [0, 0.05) is 18.8 Å². The first-order chi connectivity index (χ1) is 19.1. The summed E-state index contributed by atoms with van der Waals surface area (Å²) < 4.78 is 5.40. The van der Waals surface area contributed by atoms with Gasteiger partial charge in [-0.2, -0.15) is 12.6 Å². The summed E-state index contributed by atoms with van der Waals surface area (Å²) in [5.41, 5.74) is 2.02. The van der Waals surface area contributed by atoms with Crippen molar-refractivity contribution >= 4 is 30.5 Å². The molecular weight excluding hydrogens is 522 g/mol. The Morgan fingerprint density at radius 3 is 2.15 bits per heavy atom. The van der Waals surface area contributed by atoms with Crippen molar-refractivity contribution in [1.29, 1.82) is 0 Å². The lowest BCUT2D eigenvalue weighted by atomic mass is 10.0. The molecule has 0 aliphatic heterocycles. The highest BCUT2D eigenvalue weighted by atomic mass is 32.1. The smallest absolute Gasteiger partial charge is 0.408 e. The van der Waals surface area contributed by atoms with E-state index in [1.165, 1.54) is 6.42 Å². The van der Waals surface area contributed by atoms with Crippen LogP contribution in [0.25, 0.3) is 0 Å². The highest BCUT2D eigenvalue weighted by Crippen LogP contribution is 2.25. The summed E-state index contributed by atoms with van der Waals surface area (Å²) in [5.74, 6) is -0.575. The molecule has 3 amide bonds. The molecule has 8 heteroatoms. The van der Waals surface area contributed by atoms with E-state index in [4.69, 9.17) is 4.74 Å². The van der Waals surface area contributed by atoms with Crippen molar-refractivity contribution in [2.24, 2.45) is 0 Å². The van der Waals surface area contributed by atoms with Gasteiger partial charge in [0.15, 0.2) is 0 Å². The largest absolute Gasteiger partial charge is 0.444 e. The molecule has 2 atom stereocenters. The molecule has 2 unspecified atom stereocenters. The number of carbonyl (C=O) groups is 3. The molecule has 0 aliphatic rings. The van der Waals surface area contributed by atoms with Crippen LogP contribution in [0.5, 0.6) is 0 Å². The Morgan fingerprint density at radius 2 is 1.55 bits per heavy atom. The number of nitrogens with zero attached hydrogens (tertiary/aromatic N) is 1. The number of hydrogen-bond acceptors (Lipinski definition) is 5. The quantitative estimate of drug-likeness (QED) is 0.172. The van der Waals surface area contributed by atoms with E-state index < -0.39 is 23.8 Å². The zero-order valence-corrected chi connectivity index (χ0v) is 25.6. The van der Waals surface area contributed by atoms with Crippen molar-refractivity contribution in [3.05, 3.63) is 71.3 Å². The van der Waals surface area contributed by atoms with Crippen LogP contribution < -0.4 is 10.6 Å². The molecule has 40 heavy (non-hydrogen) atoms. The number of nitrogens with one attached hydrogen (secondary N) is 2. The topological polar surface area (TPSA) is 87.7 Å². The molecule has 2 aromatic carbocycles. The SMILES string of the molecule is CCCCCCCCN(C(=O)C(CS)NC(=O)OC(C)(C)C)C(C(=O)NCc1ccccc1)c1ccc(C)cc1. The molecule has 0 saturated heterocycles. The van der Waals surface area contributed by atoms with E-state index in [-0.39, 0.29) is 17.6 Å². The van der Waals surface area contributed by atoms with E-state index in [2.05, 4.69) is 30.2 Å². The minimum atomic E-state index is -0.951. The van der Waals surface area contributed by atoms with Crippen molar-refractivity contribution in [2.45, 2.75) is 97.4 Å². The molecule has 0 fully saturated rings. The number of benzene rings is 2. The fraction of sp³-hybridized carbons (Fsp3) is 0.531. The Morgan fingerprint density at radius 1 is 0.925 bits per heavy atom. The first-order valence-corrected chi connectivity index (χ1v) is 15.0. The first-order valence-electron chi connectivity index (χ1n) is 14.3. The van der Waals surface area contributed by atoms with E-state index in [0.29, 0.717) is 18.7 Å². The molecule has 0 aromatic heterocycles. The van der Waals surface area contributed by atoms with Gasteiger partial charge in [-0.15, -0.1) is 0 Å². The number of alkyl carbamates (subject to hydrolysis) is 1. The molecule has 220 valence electrons. The number of hydrogen-bond donors (Lipinski definition) is 3. The molecule has 2 N–H and O–H groups in total. The van der Waals surface area contributed by atoms with Crippen molar-refractivity contribution in [2.75, 3.05) is 12.3 Å². The monoisotopic (exact) mass is 569 g/mol. The van der Waals surface area contributed by atoms with Crippen LogP contribution in [0.1, 0.15) is 89.0 Å². The summed E-state index contributed by atoms with van der Waals surface area (Å²) in [7, 11) is 0. The zero-order chi connectivity index (χ0) is 29.5. The van der Waals surface area contributed by atoms with E-state index in [1.54, 1.807) is 25.7 Å². The molecule has 0 spiro atoms. The average Bonchev–Trinajstić information content (AvgIpc) is 2.91. The predicted molar refractivity (Wildman–Crippen MR) is 164 cm³/mol. The number of rotatable bonds is 15. The molecule has 0 bridgehead atoms. The molecule has 0 heterocycles. The normalized spacial score (nSPS) is 12.8. The third kappa shape index (κ3) is 11.6. The minimum Gasteiger partial charge on any atom is -0.444 e. The van der Waals surface area contributed by atoms with Gasteiger partial charge in [-0.1, -0.05) is 99.2 Å². The van der Waals surface area contributed by atoms with Crippen LogP contribution in [-0.4, -0.2) is 46.7 Å². The first kappa shape index (κ1) is 33.2. The van der Waals surface area contributed by atoms with Crippen LogP contribution in [0, 0.1) is 6.92 Å². The lowest BCUT2D eigenvalue weighted by Gasteiger charge is -2.34. The Kier molecular flexibility index (Phi) is 14.1. The van der Waals surface area contributed by atoms with Gasteiger partial charge < -0.3 is 20.3 Å². The number of unbranched alkanes of at least 4 members (excludes halogenated alkanes) is 5. The molecule has 0 aliphatic carbocycles. The van der Waals surface area contributed by atoms with Crippen molar-refractivity contribution in [3.63, 3.8) is 0 Å². The fourth-order valence-corrected chi connectivity index (χ4v) is 4.62. The van der Waals surface area contributed by atoms with Gasteiger partial charge >= 0.3 is 6.09 Å². The lowest BCUT2D eigenvalue weighted by Crippen LogP contribution is -2.54. The van der Waals surface area contributed by atoms with Crippen LogP contribution in [0.4, 0.5) is 4.79 Å². The third-order valence-electron chi connectivity index (χ3n) is 6.47. The van der Waals surface area contributed by atoms with E-state index in [9.17, 15) is 14.4 Å². The summed E-state index contributed by atoms with van der Waals surface area (Å²) in [6, 6.07) is 15.5. The average molecular weight is 570 g/mol. The number of aryl methyl sites for hydroxylation is 1. The van der Waals surface area contributed by atoms with Gasteiger partial charge in [-0.05, 0) is 45.2 Å². The van der Waals surface area contributed by atoms with Gasteiger partial charge in [0.2, 0.25) is 11.8 Å². The van der Waals surface area contributed by atoms with Crippen LogP contribution >= 0.6 is 12.6 Å². The summed E-state index contributed by atoms with van der Waals surface area (Å²) in [5, 5.41) is 5.70. The number of ether oxygens (including phenoxy) is 1. The molecule has 2 aromatic rings. The Labute approximate surface area is 245 Å². The minimum absolute atomic E-state index is 0.0668. The zero-order valence-electron chi connectivity index (χ0n) is 24.7. The third-order valence-corrected chi connectivity index (χ3v) is 6.84.